The standard InChI is InChI=1S/C7H12F3NO3S.C7H15N.C2H6/c8-7(9,10)15(12,13)14-5-6-2-1-3-11-4-6;1-2-7-4-3-5-8-6-7;1-2/h6,11H,1-5H2;7-8H,2-6H2,1H3;1-2H3. The van der Waals surface area contributed by atoms with Crippen molar-refractivity contribution in [2.75, 3.05) is 32.8 Å². The lowest BCUT2D eigenvalue weighted by atomic mass is 9.97. The molecule has 9 heteroatoms. The van der Waals surface area contributed by atoms with Crippen molar-refractivity contribution in [2.24, 2.45) is 11.8 Å². The van der Waals surface area contributed by atoms with Crippen LogP contribution in [-0.2, 0) is 14.3 Å². The Bertz CT molecular complexity index is 419. The number of rotatable bonds is 4. The number of halogens is 3. The first-order valence-electron chi connectivity index (χ1n) is 9.13. The van der Waals surface area contributed by atoms with Gasteiger partial charge in [0, 0.05) is 6.54 Å². The van der Waals surface area contributed by atoms with Gasteiger partial charge in [-0.1, -0.05) is 27.2 Å². The van der Waals surface area contributed by atoms with Crippen LogP contribution in [0.2, 0.25) is 0 Å². The molecule has 0 aliphatic carbocycles. The van der Waals surface area contributed by atoms with Gasteiger partial charge < -0.3 is 10.6 Å². The Labute approximate surface area is 150 Å². The van der Waals surface area contributed by atoms with E-state index >= 15 is 0 Å². The van der Waals surface area contributed by atoms with Gasteiger partial charge in [-0.3, -0.25) is 4.18 Å². The molecule has 2 unspecified atom stereocenters. The maximum absolute atomic E-state index is 11.9. The van der Waals surface area contributed by atoms with E-state index in [2.05, 4.69) is 21.7 Å². The van der Waals surface area contributed by atoms with Crippen molar-refractivity contribution in [3.8, 4) is 0 Å². The molecule has 2 saturated heterocycles. The van der Waals surface area contributed by atoms with E-state index in [0.29, 0.717) is 13.0 Å². The summed E-state index contributed by atoms with van der Waals surface area (Å²) in [5.74, 6) is 0.805. The second-order valence-electron chi connectivity index (χ2n) is 6.02. The summed E-state index contributed by atoms with van der Waals surface area (Å²) in [4.78, 5) is 0. The van der Waals surface area contributed by atoms with Gasteiger partial charge in [-0.25, -0.2) is 0 Å². The predicted octanol–water partition coefficient (Wildman–Crippen LogP) is 3.27. The van der Waals surface area contributed by atoms with Crippen LogP contribution < -0.4 is 10.6 Å². The van der Waals surface area contributed by atoms with Crippen LogP contribution in [0, 0.1) is 11.8 Å². The average molecular weight is 391 g/mol. The first-order valence-corrected chi connectivity index (χ1v) is 10.5. The Morgan fingerprint density at radius 2 is 1.48 bits per heavy atom. The van der Waals surface area contributed by atoms with E-state index in [-0.39, 0.29) is 5.92 Å². The number of piperidine rings is 2. The Kier molecular flexibility index (Phi) is 12.7. The van der Waals surface area contributed by atoms with Gasteiger partial charge in [0.25, 0.3) is 0 Å². The third-order valence-electron chi connectivity index (χ3n) is 4.12. The molecule has 2 atom stereocenters. The van der Waals surface area contributed by atoms with Crippen LogP contribution >= 0.6 is 0 Å². The molecule has 152 valence electrons. The van der Waals surface area contributed by atoms with Crippen molar-refractivity contribution in [1.82, 2.24) is 10.6 Å². The van der Waals surface area contributed by atoms with Crippen LogP contribution in [-0.4, -0.2) is 46.7 Å². The maximum atomic E-state index is 11.9. The van der Waals surface area contributed by atoms with Crippen molar-refractivity contribution in [3.63, 3.8) is 0 Å². The molecule has 25 heavy (non-hydrogen) atoms. The van der Waals surface area contributed by atoms with Gasteiger partial charge in [0.2, 0.25) is 0 Å². The van der Waals surface area contributed by atoms with Gasteiger partial charge in [-0.05, 0) is 57.2 Å². The third-order valence-corrected chi connectivity index (χ3v) is 5.13. The van der Waals surface area contributed by atoms with Crippen LogP contribution in [0.4, 0.5) is 13.2 Å². The van der Waals surface area contributed by atoms with Gasteiger partial charge in [0.1, 0.15) is 0 Å². The molecule has 0 saturated carbocycles. The minimum absolute atomic E-state index is 0.170. The molecule has 2 N–H and O–H groups in total. The fourth-order valence-corrected chi connectivity index (χ4v) is 3.10. The Morgan fingerprint density at radius 1 is 1.00 bits per heavy atom. The van der Waals surface area contributed by atoms with E-state index in [0.717, 1.165) is 18.9 Å². The van der Waals surface area contributed by atoms with Crippen molar-refractivity contribution >= 4 is 10.1 Å². The molecule has 2 aliphatic heterocycles. The van der Waals surface area contributed by atoms with Crippen LogP contribution in [0.1, 0.15) is 52.9 Å². The number of hydrogen-bond donors (Lipinski definition) is 2. The fourth-order valence-electron chi connectivity index (χ4n) is 2.59. The molecule has 2 aliphatic rings. The first kappa shape index (κ1) is 24.6. The Morgan fingerprint density at radius 3 is 1.80 bits per heavy atom. The predicted molar refractivity (Wildman–Crippen MR) is 93.8 cm³/mol. The molecule has 0 amide bonds. The Balaban J connectivity index is 0.000000483. The zero-order valence-electron chi connectivity index (χ0n) is 15.5. The molecule has 0 aromatic carbocycles. The zero-order chi connectivity index (χ0) is 19.3. The highest BCUT2D eigenvalue weighted by Crippen LogP contribution is 2.25. The topological polar surface area (TPSA) is 67.4 Å². The molecule has 0 aromatic rings. The zero-order valence-corrected chi connectivity index (χ0v) is 16.3. The summed E-state index contributed by atoms with van der Waals surface area (Å²) >= 11 is 0. The smallest absolute Gasteiger partial charge is 0.316 e. The number of hydrogen-bond acceptors (Lipinski definition) is 5. The summed E-state index contributed by atoms with van der Waals surface area (Å²) < 4.78 is 60.6. The normalized spacial score (nSPS) is 24.4. The van der Waals surface area contributed by atoms with E-state index in [1.54, 1.807) is 0 Å². The van der Waals surface area contributed by atoms with Gasteiger partial charge in [0.05, 0.1) is 6.61 Å². The number of nitrogens with one attached hydrogen (secondary N) is 2. The first-order chi connectivity index (χ1) is 11.8. The summed E-state index contributed by atoms with van der Waals surface area (Å²) in [6.45, 7) is 9.68. The summed E-state index contributed by atoms with van der Waals surface area (Å²) in [7, 11) is -5.42. The largest absolute Gasteiger partial charge is 0.523 e. The quantitative estimate of drug-likeness (QED) is 0.570. The van der Waals surface area contributed by atoms with Crippen molar-refractivity contribution in [1.29, 1.82) is 0 Å². The Hall–Kier alpha value is -0.380. The van der Waals surface area contributed by atoms with Gasteiger partial charge in [0.15, 0.2) is 0 Å². The van der Waals surface area contributed by atoms with Gasteiger partial charge >= 0.3 is 15.6 Å². The van der Waals surface area contributed by atoms with Crippen LogP contribution in [0.5, 0.6) is 0 Å². The van der Waals surface area contributed by atoms with Crippen LogP contribution in [0.15, 0.2) is 0 Å². The second kappa shape index (κ2) is 12.9. The van der Waals surface area contributed by atoms with Gasteiger partial charge in [-0.15, -0.1) is 0 Å². The summed E-state index contributed by atoms with van der Waals surface area (Å²) in [5.41, 5.74) is -5.32. The monoisotopic (exact) mass is 390 g/mol. The lowest BCUT2D eigenvalue weighted by molar-refractivity contribution is -0.0552. The maximum Gasteiger partial charge on any atom is 0.523 e. The average Bonchev–Trinajstić information content (AvgIpc) is 2.63. The van der Waals surface area contributed by atoms with Crippen LogP contribution in [0.3, 0.4) is 0 Å². The molecule has 0 bridgehead atoms. The highest BCUT2D eigenvalue weighted by molar-refractivity contribution is 7.87. The lowest BCUT2D eigenvalue weighted by Crippen LogP contribution is -2.34. The molecule has 5 nitrogen and oxygen atoms in total. The molecule has 0 radical (unpaired) electrons. The summed E-state index contributed by atoms with van der Waals surface area (Å²) in [6, 6.07) is 0. The minimum Gasteiger partial charge on any atom is -0.316 e. The van der Waals surface area contributed by atoms with E-state index in [1.165, 1.54) is 32.4 Å². The van der Waals surface area contributed by atoms with Gasteiger partial charge in [-0.2, -0.15) is 21.6 Å². The molecule has 2 heterocycles. The summed E-state index contributed by atoms with van der Waals surface area (Å²) in [5, 5.41) is 6.34. The molecule has 2 fully saturated rings. The molecule has 2 rings (SSSR count). The molecular weight excluding hydrogens is 357 g/mol. The third kappa shape index (κ3) is 10.4. The number of alkyl halides is 3. The van der Waals surface area contributed by atoms with Crippen molar-refractivity contribution in [3.05, 3.63) is 0 Å². The minimum atomic E-state index is -5.42. The summed E-state index contributed by atoms with van der Waals surface area (Å²) in [6.07, 6.45) is 5.69. The molecule has 0 aromatic heterocycles. The highest BCUT2D eigenvalue weighted by Gasteiger charge is 2.47. The van der Waals surface area contributed by atoms with Crippen molar-refractivity contribution in [2.45, 2.75) is 58.4 Å². The highest BCUT2D eigenvalue weighted by atomic mass is 32.2. The van der Waals surface area contributed by atoms with E-state index in [1.807, 2.05) is 13.8 Å². The van der Waals surface area contributed by atoms with E-state index < -0.39 is 22.2 Å². The van der Waals surface area contributed by atoms with E-state index in [4.69, 9.17) is 0 Å². The lowest BCUT2D eigenvalue weighted by Gasteiger charge is -2.22. The SMILES string of the molecule is CC.CCC1CCCNC1.O=S(=O)(OCC1CCCNC1)C(F)(F)F. The fraction of sp³-hybridized carbons (Fsp3) is 1.00. The molecule has 0 spiro atoms. The van der Waals surface area contributed by atoms with Crippen molar-refractivity contribution < 1.29 is 25.8 Å². The van der Waals surface area contributed by atoms with Crippen LogP contribution in [0.25, 0.3) is 0 Å². The van der Waals surface area contributed by atoms with E-state index in [9.17, 15) is 21.6 Å². The second-order valence-corrected chi connectivity index (χ2v) is 7.62. The molecular formula is C16H33F3N2O3S.